The Labute approximate surface area is 92.3 Å². The maximum Gasteiger partial charge on any atom is 0.255 e. The first-order chi connectivity index (χ1) is 7.49. The predicted molar refractivity (Wildman–Crippen MR) is 57.3 cm³/mol. The van der Waals surface area contributed by atoms with Crippen molar-refractivity contribution >= 4 is 5.96 Å². The number of nitrogens with one attached hydrogen (secondary N) is 1. The highest BCUT2D eigenvalue weighted by atomic mass is 19.3. The Morgan fingerprint density at radius 3 is 2.88 bits per heavy atom. The van der Waals surface area contributed by atoms with Gasteiger partial charge in [-0.3, -0.25) is 4.68 Å². The summed E-state index contributed by atoms with van der Waals surface area (Å²) in [6.07, 6.45) is -2.44. The Hall–Kier alpha value is -1.66. The van der Waals surface area contributed by atoms with E-state index in [0.717, 1.165) is 11.4 Å². The van der Waals surface area contributed by atoms with Crippen LogP contribution >= 0.6 is 0 Å². The van der Waals surface area contributed by atoms with Gasteiger partial charge in [0, 0.05) is 7.05 Å². The summed E-state index contributed by atoms with van der Waals surface area (Å²) in [6.45, 7) is 1.70. The van der Waals surface area contributed by atoms with Crippen molar-refractivity contribution in [3.63, 3.8) is 0 Å². The van der Waals surface area contributed by atoms with Crippen LogP contribution in [0.2, 0.25) is 0 Å². The molecule has 1 aromatic heterocycles. The third-order valence-corrected chi connectivity index (χ3v) is 1.95. The molecule has 0 radical (unpaired) electrons. The highest BCUT2D eigenvalue weighted by Crippen LogP contribution is 2.02. The molecule has 0 aromatic carbocycles. The Morgan fingerprint density at radius 1 is 1.69 bits per heavy atom. The van der Waals surface area contributed by atoms with E-state index in [9.17, 15) is 8.78 Å². The van der Waals surface area contributed by atoms with Gasteiger partial charge in [0.05, 0.1) is 24.5 Å². The molecular weight excluding hydrogens is 216 g/mol. The maximum absolute atomic E-state index is 11.8. The van der Waals surface area contributed by atoms with Crippen molar-refractivity contribution in [1.82, 2.24) is 15.1 Å². The molecule has 16 heavy (non-hydrogen) atoms. The summed E-state index contributed by atoms with van der Waals surface area (Å²) >= 11 is 0. The lowest BCUT2D eigenvalue weighted by Gasteiger charge is -2.04. The molecule has 0 amide bonds. The van der Waals surface area contributed by atoms with Gasteiger partial charge in [0.15, 0.2) is 5.96 Å². The standard InChI is InChI=1S/C9H15F2N5/c1-6-3-7(16(2)15-6)4-13-9(12)14-5-8(10)11/h3,8H,4-5H2,1-2H3,(H3,12,13,14). The molecule has 1 rings (SSSR count). The van der Waals surface area contributed by atoms with Crippen molar-refractivity contribution in [3.05, 3.63) is 17.5 Å². The molecular formula is C9H15F2N5. The molecule has 0 bridgehead atoms. The number of hydrogen-bond donors (Lipinski definition) is 2. The van der Waals surface area contributed by atoms with Crippen LogP contribution in [0, 0.1) is 6.92 Å². The van der Waals surface area contributed by atoms with E-state index >= 15 is 0 Å². The average Bonchev–Trinajstić information content (AvgIpc) is 2.51. The highest BCUT2D eigenvalue weighted by Gasteiger charge is 2.03. The molecule has 5 nitrogen and oxygen atoms in total. The van der Waals surface area contributed by atoms with Gasteiger partial charge < -0.3 is 11.1 Å². The molecule has 7 heteroatoms. The van der Waals surface area contributed by atoms with E-state index in [0.29, 0.717) is 6.54 Å². The molecule has 3 N–H and O–H groups in total. The summed E-state index contributed by atoms with van der Waals surface area (Å²) in [7, 11) is 1.79. The number of rotatable bonds is 4. The van der Waals surface area contributed by atoms with Gasteiger partial charge in [-0.25, -0.2) is 13.8 Å². The summed E-state index contributed by atoms with van der Waals surface area (Å²) in [5.41, 5.74) is 7.16. The van der Waals surface area contributed by atoms with Gasteiger partial charge in [0.1, 0.15) is 0 Å². The zero-order valence-corrected chi connectivity index (χ0v) is 9.24. The topological polar surface area (TPSA) is 68.2 Å². The molecule has 90 valence electrons. The molecule has 0 spiro atoms. The number of nitrogens with zero attached hydrogens (tertiary/aromatic N) is 3. The Bertz CT molecular complexity index is 372. The fourth-order valence-electron chi connectivity index (χ4n) is 1.22. The summed E-state index contributed by atoms with van der Waals surface area (Å²) in [5.74, 6) is 0.0131. The minimum absolute atomic E-state index is 0.0131. The number of alkyl halides is 2. The van der Waals surface area contributed by atoms with Crippen molar-refractivity contribution in [2.45, 2.75) is 19.9 Å². The fraction of sp³-hybridized carbons (Fsp3) is 0.556. The third-order valence-electron chi connectivity index (χ3n) is 1.95. The minimum atomic E-state index is -2.44. The van der Waals surface area contributed by atoms with Gasteiger partial charge in [0.25, 0.3) is 6.43 Å². The average molecular weight is 231 g/mol. The maximum atomic E-state index is 11.8. The van der Waals surface area contributed by atoms with E-state index in [1.165, 1.54) is 0 Å². The molecule has 0 aliphatic carbocycles. The van der Waals surface area contributed by atoms with E-state index in [1.54, 1.807) is 11.7 Å². The molecule has 1 aromatic rings. The third kappa shape index (κ3) is 3.84. The largest absolute Gasteiger partial charge is 0.370 e. The number of halogens is 2. The number of hydrogen-bond acceptors (Lipinski definition) is 2. The Balaban J connectivity index is 2.49. The van der Waals surface area contributed by atoms with Gasteiger partial charge in [-0.15, -0.1) is 0 Å². The number of guanidine groups is 1. The smallest absolute Gasteiger partial charge is 0.255 e. The van der Waals surface area contributed by atoms with Crippen LogP contribution in [0.3, 0.4) is 0 Å². The molecule has 0 saturated heterocycles. The van der Waals surface area contributed by atoms with E-state index < -0.39 is 13.0 Å². The lowest BCUT2D eigenvalue weighted by atomic mass is 10.4. The molecule has 0 fully saturated rings. The molecule has 0 aliphatic heterocycles. The van der Waals surface area contributed by atoms with Crippen LogP contribution in [0.25, 0.3) is 0 Å². The van der Waals surface area contributed by atoms with Crippen LogP contribution in [0.4, 0.5) is 8.78 Å². The van der Waals surface area contributed by atoms with Crippen molar-refractivity contribution in [2.75, 3.05) is 6.54 Å². The summed E-state index contributed by atoms with van der Waals surface area (Å²) in [6, 6.07) is 1.86. The van der Waals surface area contributed by atoms with Crippen LogP contribution < -0.4 is 11.1 Å². The monoisotopic (exact) mass is 231 g/mol. The second kappa shape index (κ2) is 5.43. The SMILES string of the molecule is Cc1cc(CN=C(N)NCC(F)F)n(C)n1. The lowest BCUT2D eigenvalue weighted by molar-refractivity contribution is 0.152. The second-order valence-electron chi connectivity index (χ2n) is 3.37. The van der Waals surface area contributed by atoms with Crippen LogP contribution in [0.15, 0.2) is 11.1 Å². The lowest BCUT2D eigenvalue weighted by Crippen LogP contribution is -2.35. The number of aryl methyl sites for hydroxylation is 2. The van der Waals surface area contributed by atoms with Crippen LogP contribution in [-0.2, 0) is 13.6 Å². The van der Waals surface area contributed by atoms with Crippen LogP contribution in [-0.4, -0.2) is 28.7 Å². The molecule has 0 atom stereocenters. The first kappa shape index (κ1) is 12.4. The molecule has 0 unspecified atom stereocenters. The van der Waals surface area contributed by atoms with Crippen molar-refractivity contribution in [3.8, 4) is 0 Å². The van der Waals surface area contributed by atoms with Gasteiger partial charge >= 0.3 is 0 Å². The van der Waals surface area contributed by atoms with Crippen molar-refractivity contribution < 1.29 is 8.78 Å². The predicted octanol–water partition coefficient (Wildman–Crippen LogP) is 0.398. The summed E-state index contributed by atoms with van der Waals surface area (Å²) in [5, 5.41) is 6.46. The van der Waals surface area contributed by atoms with E-state index in [1.807, 2.05) is 13.0 Å². The first-order valence-corrected chi connectivity index (χ1v) is 4.80. The van der Waals surface area contributed by atoms with E-state index in [2.05, 4.69) is 15.4 Å². The van der Waals surface area contributed by atoms with Crippen molar-refractivity contribution in [2.24, 2.45) is 17.8 Å². The second-order valence-corrected chi connectivity index (χ2v) is 3.37. The normalized spacial score (nSPS) is 12.2. The van der Waals surface area contributed by atoms with E-state index in [4.69, 9.17) is 5.73 Å². The van der Waals surface area contributed by atoms with Crippen LogP contribution in [0.5, 0.6) is 0 Å². The number of aromatic nitrogens is 2. The summed E-state index contributed by atoms with van der Waals surface area (Å²) in [4.78, 5) is 3.93. The van der Waals surface area contributed by atoms with Gasteiger partial charge in [-0.05, 0) is 13.0 Å². The minimum Gasteiger partial charge on any atom is -0.370 e. The number of nitrogens with two attached hydrogens (primary N) is 1. The van der Waals surface area contributed by atoms with Crippen LogP contribution in [0.1, 0.15) is 11.4 Å². The highest BCUT2D eigenvalue weighted by molar-refractivity contribution is 5.77. The molecule has 0 aliphatic rings. The van der Waals surface area contributed by atoms with Crippen molar-refractivity contribution in [1.29, 1.82) is 0 Å². The van der Waals surface area contributed by atoms with Gasteiger partial charge in [-0.1, -0.05) is 0 Å². The molecule has 1 heterocycles. The van der Waals surface area contributed by atoms with Gasteiger partial charge in [0.2, 0.25) is 0 Å². The molecule has 0 saturated carbocycles. The van der Waals surface area contributed by atoms with E-state index in [-0.39, 0.29) is 5.96 Å². The Morgan fingerprint density at radius 2 is 2.38 bits per heavy atom. The zero-order chi connectivity index (χ0) is 12.1. The summed E-state index contributed by atoms with van der Waals surface area (Å²) < 4.78 is 25.4. The number of aliphatic imine (C=N–C) groups is 1. The Kier molecular flexibility index (Phi) is 4.21. The fourth-order valence-corrected chi connectivity index (χ4v) is 1.22. The zero-order valence-electron chi connectivity index (χ0n) is 9.24. The first-order valence-electron chi connectivity index (χ1n) is 4.80. The van der Waals surface area contributed by atoms with Gasteiger partial charge in [-0.2, -0.15) is 5.10 Å². The quantitative estimate of drug-likeness (QED) is 0.582.